The van der Waals surface area contributed by atoms with E-state index in [0.717, 1.165) is 12.8 Å². The zero-order valence-electron chi connectivity index (χ0n) is 7.45. The van der Waals surface area contributed by atoms with Crippen molar-refractivity contribution in [3.8, 4) is 0 Å². The highest BCUT2D eigenvalue weighted by atomic mass is 16.6. The highest BCUT2D eigenvalue weighted by Gasteiger charge is 2.48. The molecule has 2 unspecified atom stereocenters. The maximum atomic E-state index is 10.9. The number of cyclic esters (lactones) is 1. The van der Waals surface area contributed by atoms with Gasteiger partial charge in [0, 0.05) is 6.61 Å². The summed E-state index contributed by atoms with van der Waals surface area (Å²) >= 11 is 0. The molecule has 13 heavy (non-hydrogen) atoms. The third-order valence-electron chi connectivity index (χ3n) is 2.56. The van der Waals surface area contributed by atoms with Crippen LogP contribution < -0.4 is 5.73 Å². The molecule has 72 valence electrons. The lowest BCUT2D eigenvalue weighted by Crippen LogP contribution is -2.49. The van der Waals surface area contributed by atoms with Gasteiger partial charge in [0.25, 0.3) is 0 Å². The van der Waals surface area contributed by atoms with Crippen LogP contribution in [0.2, 0.25) is 0 Å². The van der Waals surface area contributed by atoms with E-state index in [1.165, 1.54) is 0 Å². The molecule has 5 nitrogen and oxygen atoms in total. The van der Waals surface area contributed by atoms with Crippen LogP contribution in [0.5, 0.6) is 0 Å². The van der Waals surface area contributed by atoms with Crippen molar-refractivity contribution in [2.45, 2.75) is 31.5 Å². The van der Waals surface area contributed by atoms with Gasteiger partial charge >= 0.3 is 6.09 Å². The molecule has 2 rings (SSSR count). The lowest BCUT2D eigenvalue weighted by Gasteiger charge is -2.28. The Labute approximate surface area is 75.9 Å². The first-order valence-corrected chi connectivity index (χ1v) is 4.32. The summed E-state index contributed by atoms with van der Waals surface area (Å²) in [5, 5.41) is 0. The van der Waals surface area contributed by atoms with E-state index >= 15 is 0 Å². The molecule has 0 radical (unpaired) electrons. The summed E-state index contributed by atoms with van der Waals surface area (Å²) in [6, 6.07) is 0. The summed E-state index contributed by atoms with van der Waals surface area (Å²) < 4.78 is 10.5. The van der Waals surface area contributed by atoms with Gasteiger partial charge in [-0.15, -0.1) is 0 Å². The molecule has 2 heterocycles. The second kappa shape index (κ2) is 2.70. The molecule has 0 aliphatic carbocycles. The van der Waals surface area contributed by atoms with Gasteiger partial charge in [0.2, 0.25) is 0 Å². The fourth-order valence-electron chi connectivity index (χ4n) is 1.71. The molecule has 1 fully saturated rings. The Morgan fingerprint density at radius 1 is 1.69 bits per heavy atom. The van der Waals surface area contributed by atoms with Gasteiger partial charge in [0.05, 0.1) is 0 Å². The van der Waals surface area contributed by atoms with Crippen molar-refractivity contribution in [1.29, 1.82) is 0 Å². The summed E-state index contributed by atoms with van der Waals surface area (Å²) in [5.41, 5.74) is 4.77. The smallest absolute Gasteiger partial charge is 0.431 e. The van der Waals surface area contributed by atoms with Crippen LogP contribution in [-0.4, -0.2) is 30.2 Å². The van der Waals surface area contributed by atoms with Gasteiger partial charge < -0.3 is 15.2 Å². The molecule has 0 spiro atoms. The standard InChI is InChI=1S/C8H12N2O3/c1-8(5-3-2-4-12-5)6(9)10-7(11)13-8/h5H,2-4H2,1H3,(H2,9,10,11). The van der Waals surface area contributed by atoms with Crippen molar-refractivity contribution in [1.82, 2.24) is 0 Å². The molecule has 1 saturated heterocycles. The lowest BCUT2D eigenvalue weighted by molar-refractivity contribution is -0.0282. The van der Waals surface area contributed by atoms with Gasteiger partial charge in [0.15, 0.2) is 11.4 Å². The van der Waals surface area contributed by atoms with E-state index in [1.54, 1.807) is 6.92 Å². The second-order valence-electron chi connectivity index (χ2n) is 3.47. The van der Waals surface area contributed by atoms with Crippen LogP contribution in [0.1, 0.15) is 19.8 Å². The third kappa shape index (κ3) is 1.19. The Kier molecular flexibility index (Phi) is 1.76. The molecular weight excluding hydrogens is 172 g/mol. The molecule has 0 aromatic heterocycles. The van der Waals surface area contributed by atoms with E-state index < -0.39 is 11.7 Å². The number of carbonyl (C=O) groups excluding carboxylic acids is 1. The van der Waals surface area contributed by atoms with Crippen molar-refractivity contribution in [2.24, 2.45) is 10.7 Å². The highest BCUT2D eigenvalue weighted by molar-refractivity contribution is 6.02. The first kappa shape index (κ1) is 8.50. The van der Waals surface area contributed by atoms with Crippen molar-refractivity contribution in [2.75, 3.05) is 6.61 Å². The van der Waals surface area contributed by atoms with Crippen molar-refractivity contribution < 1.29 is 14.3 Å². The second-order valence-corrected chi connectivity index (χ2v) is 3.47. The Morgan fingerprint density at radius 2 is 2.46 bits per heavy atom. The summed E-state index contributed by atoms with van der Waals surface area (Å²) in [6.07, 6.45) is 1.09. The number of carbonyl (C=O) groups is 1. The van der Waals surface area contributed by atoms with Gasteiger partial charge in [-0.3, -0.25) is 0 Å². The minimum Gasteiger partial charge on any atom is -0.431 e. The number of nitrogens with zero attached hydrogens (tertiary/aromatic N) is 1. The number of aliphatic imine (C=N–C) groups is 1. The van der Waals surface area contributed by atoms with Crippen LogP contribution in [-0.2, 0) is 9.47 Å². The average Bonchev–Trinajstić information content (AvgIpc) is 2.61. The van der Waals surface area contributed by atoms with Crippen molar-refractivity contribution >= 4 is 11.9 Å². The Hall–Kier alpha value is -1.10. The molecule has 0 aromatic rings. The Balaban J connectivity index is 2.20. The minimum absolute atomic E-state index is 0.136. The molecule has 2 aliphatic rings. The van der Waals surface area contributed by atoms with Crippen LogP contribution in [0.25, 0.3) is 0 Å². The van der Waals surface area contributed by atoms with Crippen LogP contribution >= 0.6 is 0 Å². The summed E-state index contributed by atoms with van der Waals surface area (Å²) in [4.78, 5) is 14.4. The van der Waals surface area contributed by atoms with Crippen LogP contribution in [0.3, 0.4) is 0 Å². The molecule has 2 N–H and O–H groups in total. The number of hydrogen-bond donors (Lipinski definition) is 1. The molecule has 0 bridgehead atoms. The SMILES string of the molecule is CC1(C2CCCO2)OC(=O)N=C1N. The van der Waals surface area contributed by atoms with Gasteiger partial charge in [-0.05, 0) is 19.8 Å². The van der Waals surface area contributed by atoms with Crippen LogP contribution in [0, 0.1) is 0 Å². The topological polar surface area (TPSA) is 73.9 Å². The molecule has 1 amide bonds. The molecule has 0 aromatic carbocycles. The Bertz CT molecular complexity index is 271. The van der Waals surface area contributed by atoms with Gasteiger partial charge in [-0.2, -0.15) is 4.99 Å². The quantitative estimate of drug-likeness (QED) is 0.641. The number of amidine groups is 1. The monoisotopic (exact) mass is 184 g/mol. The molecular formula is C8H12N2O3. The fourth-order valence-corrected chi connectivity index (χ4v) is 1.71. The van der Waals surface area contributed by atoms with E-state index in [1.807, 2.05) is 0 Å². The first-order valence-electron chi connectivity index (χ1n) is 4.32. The number of ether oxygens (including phenoxy) is 2. The lowest BCUT2D eigenvalue weighted by atomic mass is 9.96. The highest BCUT2D eigenvalue weighted by Crippen LogP contribution is 2.30. The normalized spacial score (nSPS) is 39.0. The van der Waals surface area contributed by atoms with Crippen molar-refractivity contribution in [3.63, 3.8) is 0 Å². The molecule has 2 atom stereocenters. The maximum absolute atomic E-state index is 10.9. The molecule has 5 heteroatoms. The third-order valence-corrected chi connectivity index (χ3v) is 2.56. The van der Waals surface area contributed by atoms with Gasteiger partial charge in [-0.25, -0.2) is 4.79 Å². The number of hydrogen-bond acceptors (Lipinski definition) is 4. The predicted molar refractivity (Wildman–Crippen MR) is 45.5 cm³/mol. The maximum Gasteiger partial charge on any atom is 0.436 e. The largest absolute Gasteiger partial charge is 0.436 e. The van der Waals surface area contributed by atoms with E-state index in [-0.39, 0.29) is 11.9 Å². The molecule has 0 saturated carbocycles. The van der Waals surface area contributed by atoms with Gasteiger partial charge in [0.1, 0.15) is 6.10 Å². The zero-order valence-corrected chi connectivity index (χ0v) is 7.45. The van der Waals surface area contributed by atoms with Crippen LogP contribution in [0.4, 0.5) is 4.79 Å². The van der Waals surface area contributed by atoms with E-state index in [9.17, 15) is 4.79 Å². The molecule has 2 aliphatic heterocycles. The van der Waals surface area contributed by atoms with Gasteiger partial charge in [-0.1, -0.05) is 0 Å². The summed E-state index contributed by atoms with van der Waals surface area (Å²) in [6.45, 7) is 2.44. The summed E-state index contributed by atoms with van der Waals surface area (Å²) in [7, 11) is 0. The fraction of sp³-hybridized carbons (Fsp3) is 0.750. The predicted octanol–water partition coefficient (Wildman–Crippen LogP) is 0.432. The average molecular weight is 184 g/mol. The Morgan fingerprint density at radius 3 is 2.92 bits per heavy atom. The first-order chi connectivity index (χ1) is 6.13. The van der Waals surface area contributed by atoms with E-state index in [0.29, 0.717) is 6.61 Å². The number of nitrogens with two attached hydrogens (primary N) is 1. The number of amides is 1. The van der Waals surface area contributed by atoms with E-state index in [4.69, 9.17) is 15.2 Å². The zero-order chi connectivity index (χ0) is 9.47. The van der Waals surface area contributed by atoms with E-state index in [2.05, 4.69) is 4.99 Å². The number of rotatable bonds is 1. The minimum atomic E-state index is -0.840. The van der Waals surface area contributed by atoms with Crippen molar-refractivity contribution in [3.05, 3.63) is 0 Å². The summed E-state index contributed by atoms with van der Waals surface area (Å²) in [5.74, 6) is 0.226. The van der Waals surface area contributed by atoms with Crippen LogP contribution in [0.15, 0.2) is 4.99 Å².